The minimum absolute atomic E-state index is 0.0674. The number of aromatic nitrogens is 1. The van der Waals surface area contributed by atoms with Crippen LogP contribution in [-0.4, -0.2) is 22.8 Å². The van der Waals surface area contributed by atoms with Gasteiger partial charge in [-0.2, -0.15) is 0 Å². The molecule has 2 aromatic rings. The third-order valence-corrected chi connectivity index (χ3v) is 3.39. The molecule has 20 heavy (non-hydrogen) atoms. The molecule has 0 aliphatic rings. The van der Waals surface area contributed by atoms with Crippen molar-refractivity contribution in [3.8, 4) is 11.8 Å². The second-order valence-electron chi connectivity index (χ2n) is 4.06. The SMILES string of the molecule is Cc1cc(C(=O)NCc2ccc(C#CCCO)s2)on1. The summed E-state index contributed by atoms with van der Waals surface area (Å²) >= 11 is 1.51. The number of thiophene rings is 1. The summed E-state index contributed by atoms with van der Waals surface area (Å²) in [7, 11) is 0. The lowest BCUT2D eigenvalue weighted by molar-refractivity contribution is 0.0914. The Kier molecular flexibility index (Phi) is 4.93. The zero-order valence-electron chi connectivity index (χ0n) is 11.0. The van der Waals surface area contributed by atoms with Crippen LogP contribution in [0.5, 0.6) is 0 Å². The van der Waals surface area contributed by atoms with Gasteiger partial charge >= 0.3 is 0 Å². The molecule has 2 rings (SSSR count). The molecule has 104 valence electrons. The molecule has 2 heterocycles. The zero-order valence-corrected chi connectivity index (χ0v) is 11.8. The van der Waals surface area contributed by atoms with E-state index in [1.54, 1.807) is 13.0 Å². The first kappa shape index (κ1) is 14.3. The molecule has 0 saturated carbocycles. The van der Waals surface area contributed by atoms with Crippen molar-refractivity contribution in [2.24, 2.45) is 0 Å². The largest absolute Gasteiger partial charge is 0.395 e. The minimum Gasteiger partial charge on any atom is -0.395 e. The summed E-state index contributed by atoms with van der Waals surface area (Å²) in [5, 5.41) is 15.1. The second-order valence-corrected chi connectivity index (χ2v) is 5.22. The van der Waals surface area contributed by atoms with Crippen molar-refractivity contribution in [3.05, 3.63) is 39.4 Å². The fourth-order valence-electron chi connectivity index (χ4n) is 1.47. The van der Waals surface area contributed by atoms with Crippen LogP contribution in [0.25, 0.3) is 0 Å². The van der Waals surface area contributed by atoms with Gasteiger partial charge in [0.2, 0.25) is 5.76 Å². The molecule has 2 N–H and O–H groups in total. The van der Waals surface area contributed by atoms with Crippen molar-refractivity contribution in [3.63, 3.8) is 0 Å². The van der Waals surface area contributed by atoms with Gasteiger partial charge < -0.3 is 14.9 Å². The number of aliphatic hydroxyl groups is 1. The van der Waals surface area contributed by atoms with Crippen molar-refractivity contribution < 1.29 is 14.4 Å². The molecule has 0 atom stereocenters. The molecule has 0 spiro atoms. The van der Waals surface area contributed by atoms with Gasteiger partial charge in [-0.15, -0.1) is 11.3 Å². The Morgan fingerprint density at radius 3 is 3.10 bits per heavy atom. The smallest absolute Gasteiger partial charge is 0.290 e. The van der Waals surface area contributed by atoms with Gasteiger partial charge in [0.25, 0.3) is 5.91 Å². The quantitative estimate of drug-likeness (QED) is 0.841. The number of hydrogen-bond donors (Lipinski definition) is 2. The Hall–Kier alpha value is -2.10. The van der Waals surface area contributed by atoms with Crippen LogP contribution >= 0.6 is 11.3 Å². The summed E-state index contributed by atoms with van der Waals surface area (Å²) in [5.74, 6) is 5.74. The number of aliphatic hydroxyl groups excluding tert-OH is 1. The van der Waals surface area contributed by atoms with E-state index in [1.807, 2.05) is 12.1 Å². The van der Waals surface area contributed by atoms with Crippen molar-refractivity contribution in [2.75, 3.05) is 6.61 Å². The van der Waals surface area contributed by atoms with E-state index in [4.69, 9.17) is 9.63 Å². The Labute approximate surface area is 120 Å². The third-order valence-electron chi connectivity index (χ3n) is 2.38. The Morgan fingerprint density at radius 2 is 2.40 bits per heavy atom. The van der Waals surface area contributed by atoms with E-state index < -0.39 is 0 Å². The molecule has 0 aliphatic heterocycles. The first-order valence-corrected chi connectivity index (χ1v) is 6.90. The molecule has 5 nitrogen and oxygen atoms in total. The van der Waals surface area contributed by atoms with Crippen LogP contribution in [0, 0.1) is 18.8 Å². The van der Waals surface area contributed by atoms with Crippen LogP contribution in [0.2, 0.25) is 0 Å². The number of nitrogens with one attached hydrogen (secondary N) is 1. The molecule has 0 radical (unpaired) electrons. The van der Waals surface area contributed by atoms with Crippen molar-refractivity contribution in [1.82, 2.24) is 10.5 Å². The summed E-state index contributed by atoms with van der Waals surface area (Å²) in [4.78, 5) is 13.7. The van der Waals surface area contributed by atoms with E-state index in [-0.39, 0.29) is 18.3 Å². The summed E-state index contributed by atoms with van der Waals surface area (Å²) < 4.78 is 4.88. The van der Waals surface area contributed by atoms with Crippen LogP contribution in [-0.2, 0) is 6.54 Å². The van der Waals surface area contributed by atoms with Crippen LogP contribution in [0.15, 0.2) is 22.7 Å². The maximum absolute atomic E-state index is 11.8. The highest BCUT2D eigenvalue weighted by Gasteiger charge is 2.11. The normalized spacial score (nSPS) is 9.90. The first-order valence-electron chi connectivity index (χ1n) is 6.09. The number of nitrogens with zero attached hydrogens (tertiary/aromatic N) is 1. The first-order chi connectivity index (χ1) is 9.69. The van der Waals surface area contributed by atoms with Gasteiger partial charge in [-0.25, -0.2) is 0 Å². The van der Waals surface area contributed by atoms with E-state index in [9.17, 15) is 4.79 Å². The third kappa shape index (κ3) is 3.95. The van der Waals surface area contributed by atoms with Gasteiger partial charge in [0, 0.05) is 17.4 Å². The maximum Gasteiger partial charge on any atom is 0.290 e. The molecule has 0 fully saturated rings. The van der Waals surface area contributed by atoms with Crippen molar-refractivity contribution in [2.45, 2.75) is 19.9 Å². The maximum atomic E-state index is 11.8. The average Bonchev–Trinajstić information content (AvgIpc) is 3.05. The van der Waals surface area contributed by atoms with Gasteiger partial charge in [-0.3, -0.25) is 4.79 Å². The Balaban J connectivity index is 1.88. The van der Waals surface area contributed by atoms with E-state index in [2.05, 4.69) is 22.3 Å². The molecule has 0 aromatic carbocycles. The van der Waals surface area contributed by atoms with Crippen LogP contribution in [0.4, 0.5) is 0 Å². The molecule has 1 amide bonds. The molecule has 2 aromatic heterocycles. The van der Waals surface area contributed by atoms with Crippen LogP contribution in [0.3, 0.4) is 0 Å². The van der Waals surface area contributed by atoms with Crippen molar-refractivity contribution in [1.29, 1.82) is 0 Å². The highest BCUT2D eigenvalue weighted by molar-refractivity contribution is 7.12. The Morgan fingerprint density at radius 1 is 1.55 bits per heavy atom. The molecule has 0 bridgehead atoms. The highest BCUT2D eigenvalue weighted by atomic mass is 32.1. The summed E-state index contributed by atoms with van der Waals surface area (Å²) in [6.45, 7) is 2.25. The monoisotopic (exact) mass is 290 g/mol. The van der Waals surface area contributed by atoms with Crippen LogP contribution in [0.1, 0.15) is 32.4 Å². The predicted octanol–water partition coefficient (Wildman–Crippen LogP) is 1.71. The van der Waals surface area contributed by atoms with Gasteiger partial charge in [0.05, 0.1) is 23.7 Å². The zero-order chi connectivity index (χ0) is 14.4. The lowest BCUT2D eigenvalue weighted by Gasteiger charge is -1.99. The number of rotatable bonds is 4. The number of hydrogen-bond acceptors (Lipinski definition) is 5. The molecule has 0 saturated heterocycles. The minimum atomic E-state index is -0.285. The number of carbonyl (C=O) groups excluding carboxylic acids is 1. The molecular weight excluding hydrogens is 276 g/mol. The lowest BCUT2D eigenvalue weighted by Crippen LogP contribution is -2.21. The van der Waals surface area contributed by atoms with E-state index in [0.29, 0.717) is 18.7 Å². The van der Waals surface area contributed by atoms with E-state index >= 15 is 0 Å². The number of aryl methyl sites for hydroxylation is 1. The number of carbonyl (C=O) groups is 1. The van der Waals surface area contributed by atoms with Crippen molar-refractivity contribution >= 4 is 17.2 Å². The van der Waals surface area contributed by atoms with Gasteiger partial charge in [0.1, 0.15) is 0 Å². The lowest BCUT2D eigenvalue weighted by atomic mass is 10.3. The second kappa shape index (κ2) is 6.89. The highest BCUT2D eigenvalue weighted by Crippen LogP contribution is 2.15. The van der Waals surface area contributed by atoms with Gasteiger partial charge in [-0.05, 0) is 19.1 Å². The fourth-order valence-corrected chi connectivity index (χ4v) is 2.29. The van der Waals surface area contributed by atoms with Gasteiger partial charge in [0.15, 0.2) is 0 Å². The average molecular weight is 290 g/mol. The van der Waals surface area contributed by atoms with E-state index in [0.717, 1.165) is 9.75 Å². The molecular formula is C14H14N2O3S. The molecule has 0 unspecified atom stereocenters. The fraction of sp³-hybridized carbons (Fsp3) is 0.286. The summed E-state index contributed by atoms with van der Waals surface area (Å²) in [6.07, 6.45) is 0.467. The summed E-state index contributed by atoms with van der Waals surface area (Å²) in [5.41, 5.74) is 0.674. The van der Waals surface area contributed by atoms with Crippen LogP contribution < -0.4 is 5.32 Å². The Bertz CT molecular complexity index is 649. The standard InChI is InChI=1S/C14H14N2O3S/c1-10-8-13(19-16-10)14(18)15-9-12-6-5-11(20-12)4-2-3-7-17/h5-6,8,17H,3,7,9H2,1H3,(H,15,18). The number of amides is 1. The molecule has 6 heteroatoms. The molecule has 0 aliphatic carbocycles. The van der Waals surface area contributed by atoms with Gasteiger partial charge in [-0.1, -0.05) is 17.0 Å². The topological polar surface area (TPSA) is 75.4 Å². The van der Waals surface area contributed by atoms with E-state index in [1.165, 1.54) is 11.3 Å². The summed E-state index contributed by atoms with van der Waals surface area (Å²) in [6, 6.07) is 5.41. The predicted molar refractivity (Wildman–Crippen MR) is 75.3 cm³/mol.